The van der Waals surface area contributed by atoms with Crippen LogP contribution in [0.4, 0.5) is 0 Å². The number of ether oxygens (including phenoxy) is 1. The molecule has 0 saturated carbocycles. The van der Waals surface area contributed by atoms with Crippen LogP contribution < -0.4 is 4.74 Å². The summed E-state index contributed by atoms with van der Waals surface area (Å²) in [7, 11) is 3.86. The van der Waals surface area contributed by atoms with E-state index in [-0.39, 0.29) is 0 Å². The van der Waals surface area contributed by atoms with Crippen molar-refractivity contribution in [3.05, 3.63) is 29.5 Å². The fourth-order valence-electron chi connectivity index (χ4n) is 2.20. The average molecular weight is 246 g/mol. The van der Waals surface area contributed by atoms with E-state index in [1.807, 2.05) is 6.07 Å². The van der Waals surface area contributed by atoms with Gasteiger partial charge in [-0.2, -0.15) is 0 Å². The van der Waals surface area contributed by atoms with Crippen LogP contribution in [-0.4, -0.2) is 37.1 Å². The Kier molecular flexibility index (Phi) is 3.92. The summed E-state index contributed by atoms with van der Waals surface area (Å²) in [6.07, 6.45) is 1.06. The van der Waals surface area contributed by atoms with Gasteiger partial charge in [-0.3, -0.25) is 0 Å². The average Bonchev–Trinajstić information content (AvgIpc) is 2.72. The number of aromatic amines is 1. The molecule has 0 spiro atoms. The van der Waals surface area contributed by atoms with Crippen molar-refractivity contribution in [3.63, 3.8) is 0 Å². The van der Waals surface area contributed by atoms with Crippen molar-refractivity contribution >= 4 is 10.9 Å². The summed E-state index contributed by atoms with van der Waals surface area (Å²) < 4.78 is 5.28. The third-order valence-electron chi connectivity index (χ3n) is 3.65. The van der Waals surface area contributed by atoms with Gasteiger partial charge in [0.2, 0.25) is 0 Å². The maximum atomic E-state index is 5.28. The van der Waals surface area contributed by atoms with E-state index in [1.165, 1.54) is 22.2 Å². The molecule has 2 aromatic rings. The summed E-state index contributed by atoms with van der Waals surface area (Å²) in [6, 6.07) is 6.20. The Bertz CT molecular complexity index is 531. The normalized spacial score (nSPS) is 11.4. The molecule has 0 aliphatic rings. The third kappa shape index (κ3) is 2.51. The van der Waals surface area contributed by atoms with Gasteiger partial charge in [0.15, 0.2) is 0 Å². The Hall–Kier alpha value is -1.48. The SMILES string of the molecule is CCN(C)CCc1[nH]c2ccc(OC)cc2c1C. The second-order valence-electron chi connectivity index (χ2n) is 4.79. The fourth-order valence-corrected chi connectivity index (χ4v) is 2.20. The van der Waals surface area contributed by atoms with Crippen LogP contribution in [0.15, 0.2) is 18.2 Å². The molecule has 0 amide bonds. The summed E-state index contributed by atoms with van der Waals surface area (Å²) in [5, 5.41) is 1.27. The van der Waals surface area contributed by atoms with Gasteiger partial charge in [0.1, 0.15) is 5.75 Å². The molecule has 0 aliphatic carbocycles. The number of hydrogen-bond acceptors (Lipinski definition) is 2. The Morgan fingerprint density at radius 2 is 2.11 bits per heavy atom. The van der Waals surface area contributed by atoms with E-state index >= 15 is 0 Å². The van der Waals surface area contributed by atoms with Gasteiger partial charge in [-0.15, -0.1) is 0 Å². The van der Waals surface area contributed by atoms with Crippen LogP contribution in [0.2, 0.25) is 0 Å². The van der Waals surface area contributed by atoms with Gasteiger partial charge in [-0.1, -0.05) is 6.92 Å². The summed E-state index contributed by atoms with van der Waals surface area (Å²) in [4.78, 5) is 5.84. The lowest BCUT2D eigenvalue weighted by atomic mass is 10.1. The molecular formula is C15H22N2O. The Balaban J connectivity index is 2.27. The van der Waals surface area contributed by atoms with Crippen molar-refractivity contribution in [2.75, 3.05) is 27.2 Å². The predicted octanol–water partition coefficient (Wildman–Crippen LogP) is 2.98. The lowest BCUT2D eigenvalue weighted by Crippen LogP contribution is -2.20. The predicted molar refractivity (Wildman–Crippen MR) is 76.5 cm³/mol. The summed E-state index contributed by atoms with van der Waals surface area (Å²) in [6.45, 7) is 6.54. The van der Waals surface area contributed by atoms with Crippen LogP contribution in [0.1, 0.15) is 18.2 Å². The molecule has 1 heterocycles. The Morgan fingerprint density at radius 1 is 1.33 bits per heavy atom. The number of hydrogen-bond donors (Lipinski definition) is 1. The Morgan fingerprint density at radius 3 is 2.78 bits per heavy atom. The van der Waals surface area contributed by atoms with Crippen LogP contribution in [-0.2, 0) is 6.42 Å². The molecule has 2 rings (SSSR count). The first-order valence-corrected chi connectivity index (χ1v) is 6.49. The molecule has 0 atom stereocenters. The van der Waals surface area contributed by atoms with Gasteiger partial charge >= 0.3 is 0 Å². The minimum atomic E-state index is 0.918. The number of rotatable bonds is 5. The van der Waals surface area contributed by atoms with Crippen molar-refractivity contribution in [2.45, 2.75) is 20.3 Å². The third-order valence-corrected chi connectivity index (χ3v) is 3.65. The molecule has 1 aromatic carbocycles. The summed E-state index contributed by atoms with van der Waals surface area (Å²) in [5.74, 6) is 0.918. The van der Waals surface area contributed by atoms with E-state index in [0.717, 1.165) is 25.3 Å². The lowest BCUT2D eigenvalue weighted by molar-refractivity contribution is 0.356. The number of nitrogens with zero attached hydrogens (tertiary/aromatic N) is 1. The molecule has 98 valence electrons. The van der Waals surface area contributed by atoms with Gasteiger partial charge in [0.25, 0.3) is 0 Å². The molecule has 1 aromatic heterocycles. The van der Waals surface area contributed by atoms with E-state index < -0.39 is 0 Å². The first-order chi connectivity index (χ1) is 8.65. The molecule has 0 unspecified atom stereocenters. The van der Waals surface area contributed by atoms with Gasteiger partial charge < -0.3 is 14.6 Å². The molecule has 0 radical (unpaired) electrons. The van der Waals surface area contributed by atoms with Crippen molar-refractivity contribution in [3.8, 4) is 5.75 Å². The van der Waals surface area contributed by atoms with Crippen LogP contribution in [0.25, 0.3) is 10.9 Å². The molecule has 0 saturated heterocycles. The summed E-state index contributed by atoms with van der Waals surface area (Å²) >= 11 is 0. The van der Waals surface area contributed by atoms with Gasteiger partial charge in [-0.25, -0.2) is 0 Å². The molecule has 3 heteroatoms. The molecule has 1 N–H and O–H groups in total. The van der Waals surface area contributed by atoms with Crippen molar-refractivity contribution in [2.24, 2.45) is 0 Å². The van der Waals surface area contributed by atoms with E-state index in [1.54, 1.807) is 7.11 Å². The summed E-state index contributed by atoms with van der Waals surface area (Å²) in [5.41, 5.74) is 3.87. The van der Waals surface area contributed by atoms with Gasteiger partial charge in [0.05, 0.1) is 7.11 Å². The minimum absolute atomic E-state index is 0.918. The van der Waals surface area contributed by atoms with Crippen LogP contribution in [0.5, 0.6) is 5.75 Å². The van der Waals surface area contributed by atoms with E-state index in [0.29, 0.717) is 0 Å². The maximum absolute atomic E-state index is 5.28. The Labute approximate surface area is 109 Å². The number of aryl methyl sites for hydroxylation is 1. The fraction of sp³-hybridized carbons (Fsp3) is 0.467. The van der Waals surface area contributed by atoms with Crippen molar-refractivity contribution in [1.29, 1.82) is 0 Å². The number of nitrogens with one attached hydrogen (secondary N) is 1. The molecule has 3 nitrogen and oxygen atoms in total. The highest BCUT2D eigenvalue weighted by molar-refractivity contribution is 5.85. The first-order valence-electron chi connectivity index (χ1n) is 6.49. The number of benzene rings is 1. The van der Waals surface area contributed by atoms with E-state index in [4.69, 9.17) is 4.74 Å². The highest BCUT2D eigenvalue weighted by Gasteiger charge is 2.08. The maximum Gasteiger partial charge on any atom is 0.119 e. The molecule has 0 aliphatic heterocycles. The van der Waals surface area contributed by atoms with Crippen molar-refractivity contribution in [1.82, 2.24) is 9.88 Å². The highest BCUT2D eigenvalue weighted by atomic mass is 16.5. The van der Waals surface area contributed by atoms with Crippen molar-refractivity contribution < 1.29 is 4.74 Å². The standard InChI is InChI=1S/C15H22N2O/c1-5-17(3)9-8-14-11(2)13-10-12(18-4)6-7-15(13)16-14/h6-7,10,16H,5,8-9H2,1-4H3. The number of aromatic nitrogens is 1. The van der Waals surface area contributed by atoms with Crippen LogP contribution in [0, 0.1) is 6.92 Å². The second-order valence-corrected chi connectivity index (χ2v) is 4.79. The van der Waals surface area contributed by atoms with E-state index in [9.17, 15) is 0 Å². The molecule has 0 fully saturated rings. The zero-order valence-electron chi connectivity index (χ0n) is 11.7. The van der Waals surface area contributed by atoms with Crippen LogP contribution in [0.3, 0.4) is 0 Å². The lowest BCUT2D eigenvalue weighted by Gasteiger charge is -2.12. The number of H-pyrrole nitrogens is 1. The largest absolute Gasteiger partial charge is 0.497 e. The molecular weight excluding hydrogens is 224 g/mol. The zero-order chi connectivity index (χ0) is 13.1. The van der Waals surface area contributed by atoms with Crippen LogP contribution >= 0.6 is 0 Å². The number of likely N-dealkylation sites (N-methyl/N-ethyl adjacent to an activating group) is 1. The smallest absolute Gasteiger partial charge is 0.119 e. The quantitative estimate of drug-likeness (QED) is 0.878. The minimum Gasteiger partial charge on any atom is -0.497 e. The van der Waals surface area contributed by atoms with E-state index in [2.05, 4.69) is 42.9 Å². The number of methoxy groups -OCH3 is 1. The number of fused-ring (bicyclic) bond motifs is 1. The van der Waals surface area contributed by atoms with Gasteiger partial charge in [0, 0.05) is 29.6 Å². The topological polar surface area (TPSA) is 28.3 Å². The second kappa shape index (κ2) is 5.44. The highest BCUT2D eigenvalue weighted by Crippen LogP contribution is 2.26. The molecule has 0 bridgehead atoms. The van der Waals surface area contributed by atoms with Gasteiger partial charge in [-0.05, 0) is 44.3 Å². The zero-order valence-corrected chi connectivity index (χ0v) is 11.7. The first kappa shape index (κ1) is 13.0. The molecule has 18 heavy (non-hydrogen) atoms. The monoisotopic (exact) mass is 246 g/mol.